The van der Waals surface area contributed by atoms with Gasteiger partial charge in [-0.05, 0) is 12.8 Å². The standard InChI is InChI=1S/C7H14O6S2/c8-14(9)12-6-4-2-1-3-5-7(6)13-15(10)11/h6-7,14-15H,1-5H2. The summed E-state index contributed by atoms with van der Waals surface area (Å²) in [4.78, 5) is 0. The smallest absolute Gasteiger partial charge is 0.257 e. The molecule has 0 spiro atoms. The van der Waals surface area contributed by atoms with Crippen LogP contribution in [0.4, 0.5) is 0 Å². The van der Waals surface area contributed by atoms with Crippen molar-refractivity contribution in [3.05, 3.63) is 0 Å². The van der Waals surface area contributed by atoms with E-state index in [1.54, 1.807) is 0 Å². The first-order valence-corrected chi connectivity index (χ1v) is 6.91. The van der Waals surface area contributed by atoms with E-state index in [-0.39, 0.29) is 0 Å². The number of hydrogen-bond acceptors (Lipinski definition) is 6. The van der Waals surface area contributed by atoms with Crippen LogP contribution in [0.1, 0.15) is 32.1 Å². The maximum Gasteiger partial charge on any atom is 0.257 e. The molecule has 0 aromatic heterocycles. The molecule has 8 heteroatoms. The second kappa shape index (κ2) is 6.41. The Labute approximate surface area is 91.9 Å². The molecule has 0 bridgehead atoms. The van der Waals surface area contributed by atoms with Gasteiger partial charge in [0.2, 0.25) is 0 Å². The van der Waals surface area contributed by atoms with Crippen LogP contribution < -0.4 is 0 Å². The van der Waals surface area contributed by atoms with Crippen molar-refractivity contribution in [1.82, 2.24) is 0 Å². The summed E-state index contributed by atoms with van der Waals surface area (Å²) in [6.45, 7) is 0. The van der Waals surface area contributed by atoms with Gasteiger partial charge in [-0.3, -0.25) is 8.37 Å². The summed E-state index contributed by atoms with van der Waals surface area (Å²) in [6.07, 6.45) is 2.27. The minimum Gasteiger partial charge on any atom is -0.266 e. The monoisotopic (exact) mass is 258 g/mol. The second-order valence-corrected chi connectivity index (χ2v) is 4.69. The number of rotatable bonds is 4. The lowest BCUT2D eigenvalue weighted by atomic mass is 10.1. The van der Waals surface area contributed by atoms with Crippen LogP contribution in [0.25, 0.3) is 0 Å². The van der Waals surface area contributed by atoms with E-state index in [0.717, 1.165) is 19.3 Å². The van der Waals surface area contributed by atoms with Gasteiger partial charge in [-0.1, -0.05) is 19.3 Å². The van der Waals surface area contributed by atoms with Crippen LogP contribution in [-0.4, -0.2) is 29.0 Å². The Morgan fingerprint density at radius 3 is 1.47 bits per heavy atom. The molecule has 0 aliphatic heterocycles. The molecule has 2 atom stereocenters. The van der Waals surface area contributed by atoms with Gasteiger partial charge in [-0.25, -0.2) is 16.8 Å². The van der Waals surface area contributed by atoms with Crippen LogP contribution in [0.5, 0.6) is 0 Å². The first kappa shape index (κ1) is 12.9. The Morgan fingerprint density at radius 1 is 0.733 bits per heavy atom. The molecule has 1 rings (SSSR count). The van der Waals surface area contributed by atoms with E-state index in [1.807, 2.05) is 0 Å². The Morgan fingerprint density at radius 2 is 1.13 bits per heavy atom. The third-order valence-corrected chi connectivity index (χ3v) is 3.22. The van der Waals surface area contributed by atoms with E-state index in [0.29, 0.717) is 12.8 Å². The molecule has 90 valence electrons. The van der Waals surface area contributed by atoms with Gasteiger partial charge in [0, 0.05) is 0 Å². The molecule has 0 N–H and O–H groups in total. The molecule has 0 heterocycles. The van der Waals surface area contributed by atoms with Gasteiger partial charge >= 0.3 is 0 Å². The maximum atomic E-state index is 10.4. The highest BCUT2D eigenvalue weighted by Crippen LogP contribution is 2.23. The van der Waals surface area contributed by atoms with Gasteiger partial charge in [-0.15, -0.1) is 0 Å². The molecule has 6 nitrogen and oxygen atoms in total. The fourth-order valence-electron chi connectivity index (χ4n) is 1.70. The molecule has 15 heavy (non-hydrogen) atoms. The average Bonchev–Trinajstić information content (AvgIpc) is 2.30. The summed E-state index contributed by atoms with van der Waals surface area (Å²) in [6, 6.07) is 0. The Hall–Kier alpha value is -0.180. The Bertz CT molecular complexity index is 286. The molecule has 0 aromatic carbocycles. The first-order chi connectivity index (χ1) is 7.09. The molecule has 0 amide bonds. The quantitative estimate of drug-likeness (QED) is 0.535. The minimum absolute atomic E-state index is 0.511. The van der Waals surface area contributed by atoms with Crippen molar-refractivity contribution in [2.75, 3.05) is 0 Å². The number of hydrogen-bond donors (Lipinski definition) is 2. The minimum atomic E-state index is -2.96. The summed E-state index contributed by atoms with van der Waals surface area (Å²) in [5.74, 6) is 0. The van der Waals surface area contributed by atoms with Crippen LogP contribution in [0.2, 0.25) is 0 Å². The molecule has 0 saturated heterocycles. The molecule has 1 fully saturated rings. The summed E-state index contributed by atoms with van der Waals surface area (Å²) < 4.78 is 51.0. The summed E-state index contributed by atoms with van der Waals surface area (Å²) in [5, 5.41) is 0. The normalized spacial score (nSPS) is 28.1. The van der Waals surface area contributed by atoms with Crippen LogP contribution >= 0.6 is 0 Å². The van der Waals surface area contributed by atoms with Gasteiger partial charge in [0.1, 0.15) is 12.2 Å². The summed E-state index contributed by atoms with van der Waals surface area (Å²) in [5.41, 5.74) is 0. The molecule has 1 aliphatic rings. The predicted molar refractivity (Wildman–Crippen MR) is 53.5 cm³/mol. The van der Waals surface area contributed by atoms with Gasteiger partial charge in [-0.2, -0.15) is 0 Å². The fraction of sp³-hybridized carbons (Fsp3) is 1.00. The van der Waals surface area contributed by atoms with E-state index in [9.17, 15) is 16.8 Å². The third kappa shape index (κ3) is 4.92. The molecular formula is C7H14O6S2. The van der Waals surface area contributed by atoms with Gasteiger partial charge in [0.05, 0.1) is 0 Å². The summed E-state index contributed by atoms with van der Waals surface area (Å²) in [7, 11) is -5.93. The zero-order chi connectivity index (χ0) is 11.3. The van der Waals surface area contributed by atoms with Gasteiger partial charge in [0.25, 0.3) is 22.0 Å². The fourth-order valence-corrected chi connectivity index (χ4v) is 2.63. The van der Waals surface area contributed by atoms with Crippen molar-refractivity contribution in [1.29, 1.82) is 0 Å². The molecule has 2 unspecified atom stereocenters. The molecule has 0 aromatic rings. The second-order valence-electron chi connectivity index (χ2n) is 3.37. The Kier molecular flexibility index (Phi) is 5.51. The van der Waals surface area contributed by atoms with Crippen LogP contribution in [0.15, 0.2) is 0 Å². The van der Waals surface area contributed by atoms with E-state index < -0.39 is 34.2 Å². The summed E-state index contributed by atoms with van der Waals surface area (Å²) >= 11 is 0. The SMILES string of the molecule is O=[SH](=O)OC1CCCCCC1O[SH](=O)=O. The molecular weight excluding hydrogens is 244 g/mol. The topological polar surface area (TPSA) is 86.7 Å². The highest BCUT2D eigenvalue weighted by atomic mass is 32.2. The van der Waals surface area contributed by atoms with E-state index in [1.165, 1.54) is 0 Å². The first-order valence-electron chi connectivity index (χ1n) is 4.72. The van der Waals surface area contributed by atoms with Crippen LogP contribution in [-0.2, 0) is 30.3 Å². The van der Waals surface area contributed by atoms with E-state index in [4.69, 9.17) is 0 Å². The lowest BCUT2D eigenvalue weighted by molar-refractivity contribution is 0.0648. The van der Waals surface area contributed by atoms with Gasteiger partial charge < -0.3 is 0 Å². The lowest BCUT2D eigenvalue weighted by Gasteiger charge is -2.19. The highest BCUT2D eigenvalue weighted by molar-refractivity contribution is 7.67. The van der Waals surface area contributed by atoms with Gasteiger partial charge in [0.15, 0.2) is 0 Å². The Balaban J connectivity index is 2.65. The van der Waals surface area contributed by atoms with Crippen molar-refractivity contribution >= 4 is 22.0 Å². The maximum absolute atomic E-state index is 10.4. The van der Waals surface area contributed by atoms with Crippen molar-refractivity contribution in [2.45, 2.75) is 44.3 Å². The number of thiol groups is 2. The zero-order valence-electron chi connectivity index (χ0n) is 8.03. The van der Waals surface area contributed by atoms with Crippen molar-refractivity contribution in [2.24, 2.45) is 0 Å². The third-order valence-electron chi connectivity index (χ3n) is 2.33. The van der Waals surface area contributed by atoms with Crippen molar-refractivity contribution in [3.8, 4) is 0 Å². The predicted octanol–water partition coefficient (Wildman–Crippen LogP) is -0.226. The average molecular weight is 258 g/mol. The van der Waals surface area contributed by atoms with Crippen molar-refractivity contribution < 1.29 is 25.2 Å². The highest BCUT2D eigenvalue weighted by Gasteiger charge is 2.27. The van der Waals surface area contributed by atoms with Crippen LogP contribution in [0, 0.1) is 0 Å². The largest absolute Gasteiger partial charge is 0.266 e. The van der Waals surface area contributed by atoms with Crippen LogP contribution in [0.3, 0.4) is 0 Å². The lowest BCUT2D eigenvalue weighted by Crippen LogP contribution is -2.30. The molecule has 1 saturated carbocycles. The van der Waals surface area contributed by atoms with Crippen molar-refractivity contribution in [3.63, 3.8) is 0 Å². The van der Waals surface area contributed by atoms with E-state index in [2.05, 4.69) is 8.37 Å². The molecule has 1 aliphatic carbocycles. The zero-order valence-corrected chi connectivity index (χ0v) is 9.82. The molecule has 0 radical (unpaired) electrons. The van der Waals surface area contributed by atoms with E-state index >= 15 is 0 Å².